The lowest BCUT2D eigenvalue weighted by molar-refractivity contribution is 0.598. The Morgan fingerprint density at radius 2 is 1.94 bits per heavy atom. The average Bonchev–Trinajstić information content (AvgIpc) is 2.39. The van der Waals surface area contributed by atoms with E-state index in [4.69, 9.17) is 0 Å². The fraction of sp³-hybridized carbons (Fsp3) is 0.600. The van der Waals surface area contributed by atoms with E-state index in [1.807, 2.05) is 11.8 Å². The zero-order valence-electron chi connectivity index (χ0n) is 12.1. The number of rotatable bonds is 8. The molecule has 0 aliphatic carbocycles. The van der Waals surface area contributed by atoms with E-state index in [0.717, 1.165) is 13.1 Å². The molecular formula is C15H26N2S. The monoisotopic (exact) mass is 266 g/mol. The van der Waals surface area contributed by atoms with Gasteiger partial charge in [-0.2, -0.15) is 11.8 Å². The van der Waals surface area contributed by atoms with Gasteiger partial charge in [-0.15, -0.1) is 0 Å². The van der Waals surface area contributed by atoms with Gasteiger partial charge in [-0.3, -0.25) is 0 Å². The summed E-state index contributed by atoms with van der Waals surface area (Å²) in [6.07, 6.45) is 3.41. The van der Waals surface area contributed by atoms with E-state index in [-0.39, 0.29) is 0 Å². The largest absolute Gasteiger partial charge is 0.375 e. The zero-order chi connectivity index (χ0) is 13.4. The molecule has 0 radical (unpaired) electrons. The van der Waals surface area contributed by atoms with Crippen LogP contribution in [-0.2, 0) is 0 Å². The Bertz CT molecular complexity index is 324. The maximum absolute atomic E-state index is 3.44. The van der Waals surface area contributed by atoms with Crippen LogP contribution in [0.3, 0.4) is 0 Å². The molecule has 1 unspecified atom stereocenters. The van der Waals surface area contributed by atoms with Crippen LogP contribution in [0.15, 0.2) is 24.3 Å². The summed E-state index contributed by atoms with van der Waals surface area (Å²) in [4.78, 5) is 2.33. The summed E-state index contributed by atoms with van der Waals surface area (Å²) in [6, 6.07) is 9.34. The highest BCUT2D eigenvalue weighted by Crippen LogP contribution is 2.18. The van der Waals surface area contributed by atoms with Gasteiger partial charge in [-0.25, -0.2) is 0 Å². The van der Waals surface area contributed by atoms with Crippen LogP contribution >= 0.6 is 11.8 Å². The number of benzene rings is 1. The van der Waals surface area contributed by atoms with Gasteiger partial charge in [-0.1, -0.05) is 19.1 Å². The molecule has 1 aromatic carbocycles. The highest BCUT2D eigenvalue weighted by molar-refractivity contribution is 7.98. The quantitative estimate of drug-likeness (QED) is 0.725. The molecule has 1 aromatic rings. The lowest BCUT2D eigenvalue weighted by atomic mass is 10.1. The minimum Gasteiger partial charge on any atom is -0.375 e. The van der Waals surface area contributed by atoms with Gasteiger partial charge in [0.1, 0.15) is 0 Å². The van der Waals surface area contributed by atoms with Gasteiger partial charge in [0.15, 0.2) is 0 Å². The minimum atomic E-state index is 0.436. The molecule has 18 heavy (non-hydrogen) atoms. The molecule has 1 rings (SSSR count). The Labute approximate surface area is 116 Å². The Balaban J connectivity index is 2.53. The molecule has 1 atom stereocenters. The first-order valence-corrected chi connectivity index (χ1v) is 8.11. The van der Waals surface area contributed by atoms with Gasteiger partial charge in [0, 0.05) is 25.3 Å². The first kappa shape index (κ1) is 15.4. The predicted molar refractivity (Wildman–Crippen MR) is 84.8 cm³/mol. The summed E-state index contributed by atoms with van der Waals surface area (Å²) in [7, 11) is 2.17. The molecule has 0 spiro atoms. The van der Waals surface area contributed by atoms with Crippen LogP contribution in [0.25, 0.3) is 0 Å². The van der Waals surface area contributed by atoms with E-state index >= 15 is 0 Å². The highest BCUT2D eigenvalue weighted by atomic mass is 32.2. The third kappa shape index (κ3) is 4.91. The van der Waals surface area contributed by atoms with Crippen molar-refractivity contribution in [3.63, 3.8) is 0 Å². The number of anilines is 1. The van der Waals surface area contributed by atoms with Crippen molar-refractivity contribution in [3.8, 4) is 0 Å². The molecule has 0 saturated heterocycles. The molecule has 102 valence electrons. The Morgan fingerprint density at radius 3 is 2.50 bits per heavy atom. The van der Waals surface area contributed by atoms with Crippen LogP contribution in [0.4, 0.5) is 5.69 Å². The molecule has 0 aromatic heterocycles. The van der Waals surface area contributed by atoms with Crippen molar-refractivity contribution in [1.29, 1.82) is 0 Å². The summed E-state index contributed by atoms with van der Waals surface area (Å²) in [5.41, 5.74) is 2.67. The van der Waals surface area contributed by atoms with Gasteiger partial charge >= 0.3 is 0 Å². The summed E-state index contributed by atoms with van der Waals surface area (Å²) < 4.78 is 0. The number of hydrogen-bond donors (Lipinski definition) is 1. The Morgan fingerprint density at radius 1 is 1.28 bits per heavy atom. The second-order valence-electron chi connectivity index (χ2n) is 4.64. The van der Waals surface area contributed by atoms with Crippen molar-refractivity contribution in [3.05, 3.63) is 29.8 Å². The first-order chi connectivity index (χ1) is 8.69. The van der Waals surface area contributed by atoms with E-state index in [1.165, 1.54) is 23.4 Å². The highest BCUT2D eigenvalue weighted by Gasteiger charge is 2.05. The smallest absolute Gasteiger partial charge is 0.0363 e. The molecule has 0 saturated carbocycles. The molecule has 3 heteroatoms. The van der Waals surface area contributed by atoms with E-state index in [2.05, 4.69) is 61.6 Å². The van der Waals surface area contributed by atoms with Crippen LogP contribution < -0.4 is 10.2 Å². The van der Waals surface area contributed by atoms with Gasteiger partial charge < -0.3 is 10.2 Å². The second-order valence-corrected chi connectivity index (χ2v) is 5.62. The first-order valence-electron chi connectivity index (χ1n) is 6.72. The molecule has 0 aliphatic rings. The van der Waals surface area contributed by atoms with Crippen LogP contribution in [-0.4, -0.2) is 32.1 Å². The van der Waals surface area contributed by atoms with Crippen LogP contribution in [0.1, 0.15) is 31.9 Å². The standard InChI is InChI=1S/C15H26N2S/c1-5-16-13(2)14-7-9-15(10-8-14)17(3)11-6-12-18-4/h7-10,13,16H,5-6,11-12H2,1-4H3. The molecule has 0 bridgehead atoms. The summed E-state index contributed by atoms with van der Waals surface area (Å²) in [6.45, 7) is 6.49. The molecule has 2 nitrogen and oxygen atoms in total. The van der Waals surface area contributed by atoms with Gasteiger partial charge in [-0.05, 0) is 49.6 Å². The Hall–Kier alpha value is -0.670. The third-order valence-corrected chi connectivity index (χ3v) is 3.88. The zero-order valence-corrected chi connectivity index (χ0v) is 12.9. The van der Waals surface area contributed by atoms with Crippen molar-refractivity contribution in [1.82, 2.24) is 5.32 Å². The van der Waals surface area contributed by atoms with E-state index in [1.54, 1.807) is 0 Å². The summed E-state index contributed by atoms with van der Waals surface area (Å²) >= 11 is 1.92. The van der Waals surface area contributed by atoms with Crippen LogP contribution in [0, 0.1) is 0 Å². The fourth-order valence-corrected chi connectivity index (χ4v) is 2.43. The van der Waals surface area contributed by atoms with Crippen LogP contribution in [0.5, 0.6) is 0 Å². The fourth-order valence-electron chi connectivity index (χ4n) is 2.02. The SMILES string of the molecule is CCNC(C)c1ccc(N(C)CCCSC)cc1. The number of nitrogens with zero attached hydrogens (tertiary/aromatic N) is 1. The topological polar surface area (TPSA) is 15.3 Å². The summed E-state index contributed by atoms with van der Waals surface area (Å²) in [5.74, 6) is 1.24. The second kappa shape index (κ2) is 8.44. The van der Waals surface area contributed by atoms with Crippen molar-refractivity contribution < 1.29 is 0 Å². The van der Waals surface area contributed by atoms with Gasteiger partial charge in [0.2, 0.25) is 0 Å². The predicted octanol–water partition coefficient (Wildman–Crippen LogP) is 3.55. The van der Waals surface area contributed by atoms with Crippen LogP contribution in [0.2, 0.25) is 0 Å². The molecule has 0 heterocycles. The summed E-state index contributed by atoms with van der Waals surface area (Å²) in [5, 5.41) is 3.44. The molecule has 0 aliphatic heterocycles. The van der Waals surface area contributed by atoms with E-state index in [0.29, 0.717) is 6.04 Å². The van der Waals surface area contributed by atoms with Crippen molar-refractivity contribution >= 4 is 17.4 Å². The maximum Gasteiger partial charge on any atom is 0.0363 e. The molecule has 0 amide bonds. The maximum atomic E-state index is 3.44. The number of hydrogen-bond acceptors (Lipinski definition) is 3. The van der Waals surface area contributed by atoms with E-state index < -0.39 is 0 Å². The average molecular weight is 266 g/mol. The third-order valence-electron chi connectivity index (χ3n) is 3.19. The lowest BCUT2D eigenvalue weighted by Crippen LogP contribution is -2.20. The molecular weight excluding hydrogens is 240 g/mol. The van der Waals surface area contributed by atoms with Crippen molar-refractivity contribution in [2.45, 2.75) is 26.3 Å². The molecule has 1 N–H and O–H groups in total. The van der Waals surface area contributed by atoms with E-state index in [9.17, 15) is 0 Å². The van der Waals surface area contributed by atoms with Crippen molar-refractivity contribution in [2.24, 2.45) is 0 Å². The van der Waals surface area contributed by atoms with Gasteiger partial charge in [0.25, 0.3) is 0 Å². The van der Waals surface area contributed by atoms with Gasteiger partial charge in [0.05, 0.1) is 0 Å². The Kier molecular flexibility index (Phi) is 7.21. The lowest BCUT2D eigenvalue weighted by Gasteiger charge is -2.20. The van der Waals surface area contributed by atoms with Crippen molar-refractivity contribution in [2.75, 3.05) is 37.0 Å². The number of nitrogens with one attached hydrogen (secondary N) is 1. The number of thioether (sulfide) groups is 1. The molecule has 0 fully saturated rings. The normalized spacial score (nSPS) is 12.4. The minimum absolute atomic E-state index is 0.436.